The number of rotatable bonds is 11. The molecule has 0 aromatic heterocycles. The molecule has 89 heavy (non-hydrogen) atoms. The van der Waals surface area contributed by atoms with Crippen LogP contribution in [0.25, 0.3) is 0 Å². The van der Waals surface area contributed by atoms with Crippen molar-refractivity contribution in [1.82, 2.24) is 34.9 Å². The number of carbonyl (C=O) groups excluding carboxylic acids is 8. The predicted molar refractivity (Wildman–Crippen MR) is 331 cm³/mol. The lowest BCUT2D eigenvalue weighted by Crippen LogP contribution is -2.44. The first-order chi connectivity index (χ1) is 42.3. The van der Waals surface area contributed by atoms with E-state index in [9.17, 15) is 38.4 Å². The first kappa shape index (κ1) is 73.3. The Kier molecular flexibility index (Phi) is 30.9. The molecule has 0 aliphatic carbocycles. The second-order valence-corrected chi connectivity index (χ2v) is 23.1. The number of hydroxylamine groups is 2. The van der Waals surface area contributed by atoms with Crippen LogP contribution in [0.2, 0.25) is 0 Å². The normalized spacial score (nSPS) is 14.7. The maximum Gasteiger partial charge on any atom is 0.534 e. The zero-order valence-corrected chi connectivity index (χ0v) is 54.1. The van der Waals surface area contributed by atoms with Gasteiger partial charge in [-0.2, -0.15) is 0 Å². The number of aryl methyl sites for hydroxylation is 2. The molecule has 3 aliphatic rings. The molecule has 4 aromatic carbocycles. The molecule has 0 atom stereocenters. The minimum absolute atomic E-state index is 0.0711. The van der Waals surface area contributed by atoms with Gasteiger partial charge in [0.1, 0.15) is 49.1 Å². The molecular weight excluding hydrogens is 1200 g/mol. The van der Waals surface area contributed by atoms with Gasteiger partial charge in [-0.3, -0.25) is 14.4 Å². The fourth-order valence-electron chi connectivity index (χ4n) is 8.08. The zero-order valence-electron chi connectivity index (χ0n) is 52.6. The number of amides is 7. The SMILES string of the molecule is CC(C)(C)OC(=O)ON1C(=O)CCC1=O.COc1ccc(COC(=O)N2CCN(C(=O)OCc3ccc(C)cc3)CCN(C(=O)OC(C)(C)C)CC2)cc1.COc1ccc(COC(=O)N2CCNCCN(C(=O)OCc3ccc(C)cc3)CC2)cc1.ClCCl. The Labute approximate surface area is 531 Å². The summed E-state index contributed by atoms with van der Waals surface area (Å²) in [6.45, 7) is 19.4. The van der Waals surface area contributed by atoms with E-state index in [0.29, 0.717) is 50.1 Å². The van der Waals surface area contributed by atoms with Gasteiger partial charge in [0, 0.05) is 91.4 Å². The van der Waals surface area contributed by atoms with Crippen LogP contribution in [0.15, 0.2) is 97.1 Å². The van der Waals surface area contributed by atoms with E-state index in [1.807, 2.05) is 98.8 Å². The van der Waals surface area contributed by atoms with Crippen molar-refractivity contribution in [2.75, 3.05) is 98.1 Å². The topological polar surface area (TPSA) is 251 Å². The molecule has 0 saturated carbocycles. The molecule has 0 bridgehead atoms. The maximum absolute atomic E-state index is 13.0. The third kappa shape index (κ3) is 28.2. The molecule has 1 N–H and O–H groups in total. The van der Waals surface area contributed by atoms with Crippen LogP contribution in [0, 0.1) is 13.8 Å². The molecule has 0 radical (unpaired) electrons. The zero-order chi connectivity index (χ0) is 65.5. The summed E-state index contributed by atoms with van der Waals surface area (Å²) in [6.07, 6.45) is -3.27. The fourth-order valence-corrected chi connectivity index (χ4v) is 8.08. The van der Waals surface area contributed by atoms with Crippen LogP contribution in [0.4, 0.5) is 28.8 Å². The van der Waals surface area contributed by atoms with Crippen LogP contribution >= 0.6 is 23.2 Å². The maximum atomic E-state index is 13.0. The molecule has 488 valence electrons. The highest BCUT2D eigenvalue weighted by atomic mass is 35.5. The predicted octanol–water partition coefficient (Wildman–Crippen LogP) is 10.4. The Morgan fingerprint density at radius 2 is 0.697 bits per heavy atom. The lowest BCUT2D eigenvalue weighted by molar-refractivity contribution is -0.180. The van der Waals surface area contributed by atoms with Crippen LogP contribution in [0.5, 0.6) is 11.5 Å². The molecule has 3 heterocycles. The lowest BCUT2D eigenvalue weighted by Gasteiger charge is -2.28. The molecule has 0 spiro atoms. The average Bonchev–Trinajstić information content (AvgIpc) is 3.67. The average molecular weight is 1280 g/mol. The van der Waals surface area contributed by atoms with Crippen molar-refractivity contribution in [3.63, 3.8) is 0 Å². The monoisotopic (exact) mass is 1280 g/mol. The number of hydrogen-bond donors (Lipinski definition) is 1. The lowest BCUT2D eigenvalue weighted by atomic mass is 10.2. The summed E-state index contributed by atoms with van der Waals surface area (Å²) in [7, 11) is 3.19. The van der Waals surface area contributed by atoms with Gasteiger partial charge in [-0.1, -0.05) is 89.0 Å². The molecule has 26 heteroatoms. The number of alkyl halides is 2. The van der Waals surface area contributed by atoms with Crippen LogP contribution < -0.4 is 14.8 Å². The Bertz CT molecular complexity index is 2860. The highest BCUT2D eigenvalue weighted by Crippen LogP contribution is 2.19. The van der Waals surface area contributed by atoms with Crippen molar-refractivity contribution < 1.29 is 81.1 Å². The molecule has 4 aromatic rings. The second-order valence-electron chi connectivity index (χ2n) is 22.3. The Balaban J connectivity index is 0.000000302. The van der Waals surface area contributed by atoms with E-state index in [2.05, 4.69) is 10.2 Å². The van der Waals surface area contributed by atoms with Gasteiger partial charge >= 0.3 is 36.6 Å². The number of carbonyl (C=O) groups is 8. The van der Waals surface area contributed by atoms with Crippen LogP contribution in [-0.2, 0) is 69.3 Å². The van der Waals surface area contributed by atoms with Gasteiger partial charge in [-0.15, -0.1) is 23.2 Å². The number of methoxy groups -OCH3 is 2. The van der Waals surface area contributed by atoms with Gasteiger partial charge in [0.15, 0.2) is 0 Å². The molecule has 3 fully saturated rings. The Morgan fingerprint density at radius 1 is 0.427 bits per heavy atom. The minimum Gasteiger partial charge on any atom is -0.497 e. The Hall–Kier alpha value is -8.22. The smallest absolute Gasteiger partial charge is 0.497 e. The second kappa shape index (κ2) is 37.6. The summed E-state index contributed by atoms with van der Waals surface area (Å²) in [4.78, 5) is 109. The number of ether oxygens (including phenoxy) is 8. The third-order valence-electron chi connectivity index (χ3n) is 12.9. The number of hydrogen-bond acceptors (Lipinski definition) is 18. The van der Waals surface area contributed by atoms with Crippen molar-refractivity contribution in [3.05, 3.63) is 130 Å². The van der Waals surface area contributed by atoms with Gasteiger partial charge in [-0.05, 0) is 102 Å². The first-order valence-electron chi connectivity index (χ1n) is 28.9. The number of benzene rings is 4. The Morgan fingerprint density at radius 3 is 0.978 bits per heavy atom. The molecule has 7 rings (SSSR count). The fraction of sp³-hybridized carbons (Fsp3) is 0.492. The van der Waals surface area contributed by atoms with Crippen LogP contribution in [0.1, 0.15) is 87.8 Å². The van der Waals surface area contributed by atoms with E-state index < -0.39 is 53.5 Å². The standard InChI is InChI=1S/C29H39N3O7.C24H31N3O5.C9H13NO5.CH2Cl2/c1-22-6-8-23(9-7-22)20-37-26(33)30-14-15-31(17-19-32(18-16-30)28(35)39-29(2,3)4)27(34)38-21-24-10-12-25(36-5)13-11-24;1-19-3-5-20(6-4-19)17-31-23(28)26-13-11-25-12-14-27(16-15-26)24(29)32-18-21-7-9-22(30-2)10-8-21;1-9(2,3)14-8(13)15-10-6(11)4-5-7(10)12;2-1-3/h6-13H,14-21H2,1-5H3;3-10,25H,11-18H2,1-2H3;4-5H2,1-3H3;1H2. The summed E-state index contributed by atoms with van der Waals surface area (Å²) >= 11 is 9.53. The third-order valence-corrected chi connectivity index (χ3v) is 12.9. The van der Waals surface area contributed by atoms with Crippen molar-refractivity contribution >= 4 is 71.6 Å². The molecular formula is C63H85Cl2N7O17. The van der Waals surface area contributed by atoms with Gasteiger partial charge in [-0.25, -0.2) is 28.8 Å². The summed E-state index contributed by atoms with van der Waals surface area (Å²) in [5, 5.41) is 3.90. The van der Waals surface area contributed by atoms with Crippen LogP contribution in [0.3, 0.4) is 0 Å². The molecule has 0 unspecified atom stereocenters. The number of nitrogens with one attached hydrogen (secondary N) is 1. The number of halogens is 2. The summed E-state index contributed by atoms with van der Waals surface area (Å²) in [6, 6.07) is 30.2. The van der Waals surface area contributed by atoms with Gasteiger partial charge in [0.25, 0.3) is 11.8 Å². The molecule has 3 saturated heterocycles. The van der Waals surface area contributed by atoms with E-state index in [0.717, 1.165) is 39.1 Å². The quantitative estimate of drug-likeness (QED) is 0.0634. The summed E-state index contributed by atoms with van der Waals surface area (Å²) < 4.78 is 42.7. The van der Waals surface area contributed by atoms with E-state index in [1.165, 1.54) is 14.7 Å². The molecule has 7 amide bonds. The van der Waals surface area contributed by atoms with Crippen molar-refractivity contribution in [2.45, 2.75) is 106 Å². The van der Waals surface area contributed by atoms with Crippen LogP contribution in [-0.4, -0.2) is 187 Å². The largest absolute Gasteiger partial charge is 0.534 e. The van der Waals surface area contributed by atoms with Gasteiger partial charge in [0.2, 0.25) is 0 Å². The number of imide groups is 1. The highest BCUT2D eigenvalue weighted by Gasteiger charge is 2.35. The van der Waals surface area contributed by atoms with Crippen molar-refractivity contribution in [3.8, 4) is 11.5 Å². The molecule has 24 nitrogen and oxygen atoms in total. The van der Waals surface area contributed by atoms with E-state index >= 15 is 0 Å². The van der Waals surface area contributed by atoms with Crippen molar-refractivity contribution in [2.24, 2.45) is 0 Å². The van der Waals surface area contributed by atoms with Gasteiger partial charge in [0.05, 0.1) is 19.6 Å². The molecule has 3 aliphatic heterocycles. The highest BCUT2D eigenvalue weighted by molar-refractivity contribution is 6.40. The van der Waals surface area contributed by atoms with Gasteiger partial charge < -0.3 is 67.7 Å². The minimum atomic E-state index is -1.05. The summed E-state index contributed by atoms with van der Waals surface area (Å²) in [5.41, 5.74) is 4.37. The number of nitrogens with zero attached hydrogens (tertiary/aromatic N) is 6. The van der Waals surface area contributed by atoms with E-state index in [-0.39, 0.29) is 90.0 Å². The van der Waals surface area contributed by atoms with E-state index in [4.69, 9.17) is 61.1 Å². The van der Waals surface area contributed by atoms with Crippen molar-refractivity contribution in [1.29, 1.82) is 0 Å². The first-order valence-corrected chi connectivity index (χ1v) is 30.0. The summed E-state index contributed by atoms with van der Waals surface area (Å²) in [5.74, 6) is 0.416. The van der Waals surface area contributed by atoms with E-state index in [1.54, 1.807) is 77.7 Å².